The minimum atomic E-state index is -1.17. The molecule has 0 aliphatic heterocycles. The first-order valence-electron chi connectivity index (χ1n) is 9.41. The number of carbonyl (C=O) groups excluding carboxylic acids is 1. The third kappa shape index (κ3) is 5.43. The molecular weight excluding hydrogens is 435 g/mol. The van der Waals surface area contributed by atoms with Crippen LogP contribution in [-0.2, 0) is 17.8 Å². The maximum absolute atomic E-state index is 13.5. The molecule has 0 saturated heterocycles. The van der Waals surface area contributed by atoms with Gasteiger partial charge < -0.3 is 10.0 Å². The van der Waals surface area contributed by atoms with Crippen molar-refractivity contribution in [1.29, 1.82) is 5.26 Å². The van der Waals surface area contributed by atoms with Crippen LogP contribution in [0, 0.1) is 11.3 Å². The fourth-order valence-corrected chi connectivity index (χ4v) is 3.75. The van der Waals surface area contributed by atoms with Crippen LogP contribution in [0.15, 0.2) is 72.8 Å². The van der Waals surface area contributed by atoms with Crippen LogP contribution in [0.5, 0.6) is 0 Å². The molecule has 156 valence electrons. The number of halogens is 2. The van der Waals surface area contributed by atoms with E-state index in [1.54, 1.807) is 48.5 Å². The summed E-state index contributed by atoms with van der Waals surface area (Å²) in [6, 6.07) is 21.2. The number of carbonyl (C=O) groups is 2. The lowest BCUT2D eigenvalue weighted by Gasteiger charge is -2.30. The van der Waals surface area contributed by atoms with Crippen molar-refractivity contribution in [3.8, 4) is 6.07 Å². The van der Waals surface area contributed by atoms with E-state index >= 15 is 0 Å². The molecule has 0 unspecified atom stereocenters. The molecule has 7 heteroatoms. The Morgan fingerprint density at radius 2 is 1.68 bits per heavy atom. The third-order valence-corrected chi connectivity index (χ3v) is 5.38. The Hall–Kier alpha value is -3.33. The Balaban J connectivity index is 2.06. The number of benzene rings is 3. The molecule has 3 aromatic rings. The maximum Gasteiger partial charge on any atom is 0.326 e. The van der Waals surface area contributed by atoms with E-state index < -0.39 is 17.9 Å². The molecule has 0 aliphatic rings. The lowest BCUT2D eigenvalue weighted by atomic mass is 10.0. The summed E-state index contributed by atoms with van der Waals surface area (Å²) in [4.78, 5) is 27.0. The predicted octanol–water partition coefficient (Wildman–Crippen LogP) is 5.20. The average molecular weight is 453 g/mol. The van der Waals surface area contributed by atoms with Gasteiger partial charge in [0.1, 0.15) is 6.04 Å². The number of amides is 1. The minimum absolute atomic E-state index is 0.0642. The molecule has 0 fully saturated rings. The lowest BCUT2D eigenvalue weighted by Crippen LogP contribution is -2.46. The molecule has 0 spiro atoms. The van der Waals surface area contributed by atoms with Crippen molar-refractivity contribution >= 4 is 35.1 Å². The number of hydrogen-bond acceptors (Lipinski definition) is 3. The van der Waals surface area contributed by atoms with Crippen LogP contribution in [-0.4, -0.2) is 27.9 Å². The summed E-state index contributed by atoms with van der Waals surface area (Å²) in [5.74, 6) is -1.71. The Kier molecular flexibility index (Phi) is 7.30. The van der Waals surface area contributed by atoms with Crippen LogP contribution in [0.2, 0.25) is 10.0 Å². The zero-order chi connectivity index (χ0) is 22.4. The molecule has 1 N–H and O–H groups in total. The summed E-state index contributed by atoms with van der Waals surface area (Å²) in [7, 11) is 0. The van der Waals surface area contributed by atoms with Crippen molar-refractivity contribution in [2.75, 3.05) is 0 Å². The van der Waals surface area contributed by atoms with Crippen LogP contribution in [0.3, 0.4) is 0 Å². The van der Waals surface area contributed by atoms with Crippen LogP contribution < -0.4 is 0 Å². The highest BCUT2D eigenvalue weighted by atomic mass is 35.5. The van der Waals surface area contributed by atoms with Gasteiger partial charge in [0, 0.05) is 18.0 Å². The first kappa shape index (κ1) is 22.4. The smallest absolute Gasteiger partial charge is 0.326 e. The van der Waals surface area contributed by atoms with Crippen molar-refractivity contribution < 1.29 is 14.7 Å². The highest BCUT2D eigenvalue weighted by molar-refractivity contribution is 6.36. The number of nitriles is 1. The van der Waals surface area contributed by atoms with E-state index in [4.69, 9.17) is 23.2 Å². The third-order valence-electron chi connectivity index (χ3n) is 4.83. The fraction of sp³-hybridized carbons (Fsp3) is 0.125. The van der Waals surface area contributed by atoms with Crippen LogP contribution >= 0.6 is 23.2 Å². The zero-order valence-corrected chi connectivity index (χ0v) is 17.8. The lowest BCUT2D eigenvalue weighted by molar-refractivity contribution is -0.142. The number of hydrogen-bond donors (Lipinski definition) is 1. The van der Waals surface area contributed by atoms with Gasteiger partial charge in [-0.15, -0.1) is 0 Å². The fourth-order valence-electron chi connectivity index (χ4n) is 3.26. The monoisotopic (exact) mass is 452 g/mol. The number of carboxylic acids is 1. The predicted molar refractivity (Wildman–Crippen MR) is 119 cm³/mol. The van der Waals surface area contributed by atoms with Crippen molar-refractivity contribution in [1.82, 2.24) is 4.90 Å². The van der Waals surface area contributed by atoms with Gasteiger partial charge in [0.05, 0.1) is 22.2 Å². The SMILES string of the molecule is N#Cc1ccccc1CN(C(=O)c1ccc(Cl)cc1Cl)[C@@H](Cc1ccccc1)C(=O)O. The first-order chi connectivity index (χ1) is 14.9. The summed E-state index contributed by atoms with van der Waals surface area (Å²) in [5.41, 5.74) is 1.82. The van der Waals surface area contributed by atoms with Gasteiger partial charge in [-0.05, 0) is 35.4 Å². The second kappa shape index (κ2) is 10.1. The van der Waals surface area contributed by atoms with Gasteiger partial charge in [-0.25, -0.2) is 4.79 Å². The molecule has 0 aromatic heterocycles. The summed E-state index contributed by atoms with van der Waals surface area (Å²) >= 11 is 12.2. The van der Waals surface area contributed by atoms with Crippen molar-refractivity contribution in [2.24, 2.45) is 0 Å². The van der Waals surface area contributed by atoms with Crippen LogP contribution in [0.1, 0.15) is 27.0 Å². The maximum atomic E-state index is 13.5. The van der Waals surface area contributed by atoms with Gasteiger partial charge in [0.2, 0.25) is 0 Å². The zero-order valence-electron chi connectivity index (χ0n) is 16.3. The number of aliphatic carboxylic acids is 1. The molecule has 0 saturated carbocycles. The standard InChI is InChI=1S/C24H18Cl2N2O3/c25-19-10-11-20(21(26)13-19)23(29)28(15-18-9-5-4-8-17(18)14-27)22(24(30)31)12-16-6-2-1-3-7-16/h1-11,13,22H,12,15H2,(H,30,31)/t22-/m0/s1. The molecule has 0 bridgehead atoms. The van der Waals surface area contributed by atoms with E-state index in [0.717, 1.165) is 5.56 Å². The van der Waals surface area contributed by atoms with E-state index in [1.165, 1.54) is 23.1 Å². The average Bonchev–Trinajstić information content (AvgIpc) is 2.76. The van der Waals surface area contributed by atoms with Gasteiger partial charge >= 0.3 is 5.97 Å². The molecule has 3 rings (SSSR count). The highest BCUT2D eigenvalue weighted by Gasteiger charge is 2.32. The first-order valence-corrected chi connectivity index (χ1v) is 10.2. The number of rotatable bonds is 7. The Bertz CT molecular complexity index is 1140. The molecule has 1 amide bonds. The van der Waals surface area contributed by atoms with Gasteiger partial charge in [0.15, 0.2) is 0 Å². The number of carboxylic acid groups (broad SMARTS) is 1. The number of nitrogens with zero attached hydrogens (tertiary/aromatic N) is 2. The largest absolute Gasteiger partial charge is 0.480 e. The van der Waals surface area contributed by atoms with E-state index in [-0.39, 0.29) is 23.6 Å². The molecule has 1 atom stereocenters. The highest BCUT2D eigenvalue weighted by Crippen LogP contribution is 2.25. The molecule has 0 radical (unpaired) electrons. The Morgan fingerprint density at radius 3 is 2.32 bits per heavy atom. The Labute approximate surface area is 190 Å². The summed E-state index contributed by atoms with van der Waals surface area (Å²) in [6.45, 7) is -0.0642. The quantitative estimate of drug-likeness (QED) is 0.533. The Morgan fingerprint density at radius 1 is 1.00 bits per heavy atom. The van der Waals surface area contributed by atoms with Gasteiger partial charge in [-0.3, -0.25) is 4.79 Å². The van der Waals surface area contributed by atoms with Gasteiger partial charge in [0.25, 0.3) is 5.91 Å². The van der Waals surface area contributed by atoms with Crippen molar-refractivity contribution in [3.05, 3.63) is 105 Å². The molecular formula is C24H18Cl2N2O3. The van der Waals surface area contributed by atoms with Crippen molar-refractivity contribution in [3.63, 3.8) is 0 Å². The van der Waals surface area contributed by atoms with Crippen LogP contribution in [0.25, 0.3) is 0 Å². The van der Waals surface area contributed by atoms with Crippen LogP contribution in [0.4, 0.5) is 0 Å². The van der Waals surface area contributed by atoms with Gasteiger partial charge in [-0.2, -0.15) is 5.26 Å². The summed E-state index contributed by atoms with van der Waals surface area (Å²) in [5, 5.41) is 19.9. The van der Waals surface area contributed by atoms with Gasteiger partial charge in [-0.1, -0.05) is 71.7 Å². The summed E-state index contributed by atoms with van der Waals surface area (Å²) in [6.07, 6.45) is 0.0991. The van der Waals surface area contributed by atoms with E-state index in [1.807, 2.05) is 6.07 Å². The van der Waals surface area contributed by atoms with E-state index in [0.29, 0.717) is 16.1 Å². The normalized spacial score (nSPS) is 11.4. The van der Waals surface area contributed by atoms with E-state index in [2.05, 4.69) is 6.07 Å². The minimum Gasteiger partial charge on any atom is -0.480 e. The molecule has 3 aromatic carbocycles. The molecule has 0 heterocycles. The van der Waals surface area contributed by atoms with E-state index in [9.17, 15) is 20.0 Å². The summed E-state index contributed by atoms with van der Waals surface area (Å²) < 4.78 is 0. The topological polar surface area (TPSA) is 81.4 Å². The molecule has 0 aliphatic carbocycles. The second-order valence-electron chi connectivity index (χ2n) is 6.87. The van der Waals surface area contributed by atoms with Crippen molar-refractivity contribution in [2.45, 2.75) is 19.0 Å². The second-order valence-corrected chi connectivity index (χ2v) is 7.71. The molecule has 31 heavy (non-hydrogen) atoms. The molecule has 5 nitrogen and oxygen atoms in total.